The lowest BCUT2D eigenvalue weighted by molar-refractivity contribution is 0.0600. The van der Waals surface area contributed by atoms with Crippen LogP contribution in [0.3, 0.4) is 0 Å². The molecule has 1 rings (SSSR count). The number of methoxy groups -OCH3 is 3. The van der Waals surface area contributed by atoms with Crippen LogP contribution in [0.25, 0.3) is 0 Å². The second-order valence-corrected chi connectivity index (χ2v) is 7.32. The second kappa shape index (κ2) is 7.40. The smallest absolute Gasteiger partial charge is 0.338 e. The number of rotatable bonds is 5. The second-order valence-electron chi connectivity index (χ2n) is 5.38. The first kappa shape index (κ1) is 18.2. The number of carbonyl (C=O) groups excluding carboxylic acids is 1. The molecule has 1 atom stereocenters. The summed E-state index contributed by atoms with van der Waals surface area (Å²) in [6, 6.07) is 3.10. The van der Waals surface area contributed by atoms with Crippen molar-refractivity contribution in [3.05, 3.63) is 23.3 Å². The van der Waals surface area contributed by atoms with Gasteiger partial charge in [0.05, 0.1) is 31.6 Å². The lowest BCUT2D eigenvalue weighted by atomic mass is 10.1. The van der Waals surface area contributed by atoms with Gasteiger partial charge in [-0.25, -0.2) is 9.00 Å². The molecule has 0 aliphatic carbocycles. The summed E-state index contributed by atoms with van der Waals surface area (Å²) in [5.74, 6) is 0.305. The normalized spacial score (nSPS) is 13.0. The van der Waals surface area contributed by atoms with Crippen LogP contribution in [0.4, 0.5) is 0 Å². The van der Waals surface area contributed by atoms with Crippen molar-refractivity contribution in [1.82, 2.24) is 0 Å². The fraction of sp³-hybridized carbons (Fsp3) is 0.467. The highest BCUT2D eigenvalue weighted by Crippen LogP contribution is 2.30. The van der Waals surface area contributed by atoms with E-state index in [-0.39, 0.29) is 5.56 Å². The van der Waals surface area contributed by atoms with E-state index in [1.54, 1.807) is 6.07 Å². The minimum atomic E-state index is -1.43. The zero-order chi connectivity index (χ0) is 16.9. The maximum absolute atomic E-state index is 12.0. The molecular weight excluding hydrogens is 306 g/mol. The van der Waals surface area contributed by atoms with Gasteiger partial charge in [-0.1, -0.05) is 0 Å². The largest absolute Gasteiger partial charge is 0.493 e. The van der Waals surface area contributed by atoms with E-state index in [2.05, 4.69) is 4.40 Å². The van der Waals surface area contributed by atoms with Crippen LogP contribution in [-0.2, 0) is 15.7 Å². The molecule has 0 saturated carbocycles. The van der Waals surface area contributed by atoms with Gasteiger partial charge < -0.3 is 14.2 Å². The van der Waals surface area contributed by atoms with Crippen molar-refractivity contribution < 1.29 is 23.2 Å². The highest BCUT2D eigenvalue weighted by atomic mass is 32.2. The van der Waals surface area contributed by atoms with Gasteiger partial charge in [0.15, 0.2) is 11.5 Å². The van der Waals surface area contributed by atoms with Crippen LogP contribution in [0.15, 0.2) is 16.5 Å². The van der Waals surface area contributed by atoms with Gasteiger partial charge in [0.1, 0.15) is 11.0 Å². The Balaban J connectivity index is 3.35. The summed E-state index contributed by atoms with van der Waals surface area (Å²) in [6.07, 6.45) is 1.38. The maximum atomic E-state index is 12.0. The Labute approximate surface area is 133 Å². The molecule has 0 saturated heterocycles. The molecule has 1 aromatic carbocycles. The number of nitrogens with zero attached hydrogens (tertiary/aromatic N) is 1. The van der Waals surface area contributed by atoms with Crippen molar-refractivity contribution in [3.63, 3.8) is 0 Å². The van der Waals surface area contributed by atoms with Crippen molar-refractivity contribution in [2.45, 2.75) is 25.5 Å². The summed E-state index contributed by atoms with van der Waals surface area (Å²) >= 11 is 0. The summed E-state index contributed by atoms with van der Waals surface area (Å²) < 4.78 is 30.7. The molecule has 0 bridgehead atoms. The molecule has 1 aromatic rings. The molecule has 0 N–H and O–H groups in total. The first-order chi connectivity index (χ1) is 10.2. The van der Waals surface area contributed by atoms with E-state index in [1.807, 2.05) is 20.8 Å². The zero-order valence-corrected chi connectivity index (χ0v) is 14.4. The number of benzene rings is 1. The van der Waals surface area contributed by atoms with Crippen LogP contribution in [-0.4, -0.2) is 42.5 Å². The van der Waals surface area contributed by atoms with Gasteiger partial charge in [-0.3, -0.25) is 0 Å². The first-order valence-corrected chi connectivity index (χ1v) is 7.65. The average Bonchev–Trinajstić information content (AvgIpc) is 2.49. The molecule has 0 fully saturated rings. The fourth-order valence-electron chi connectivity index (χ4n) is 1.55. The number of ether oxygens (including phenoxy) is 3. The van der Waals surface area contributed by atoms with Crippen molar-refractivity contribution in [2.24, 2.45) is 4.40 Å². The number of hydrogen-bond acceptors (Lipinski definition) is 5. The van der Waals surface area contributed by atoms with Crippen LogP contribution >= 0.6 is 0 Å². The quantitative estimate of drug-likeness (QED) is 0.613. The zero-order valence-electron chi connectivity index (χ0n) is 13.6. The molecule has 0 radical (unpaired) electrons. The van der Waals surface area contributed by atoms with Crippen molar-refractivity contribution in [1.29, 1.82) is 0 Å². The van der Waals surface area contributed by atoms with E-state index in [4.69, 9.17) is 14.2 Å². The topological polar surface area (TPSA) is 74.2 Å². The third kappa shape index (κ3) is 4.30. The summed E-state index contributed by atoms with van der Waals surface area (Å²) in [5, 5.41) is 0. The highest BCUT2D eigenvalue weighted by molar-refractivity contribution is 7.85. The molecule has 6 nitrogen and oxygen atoms in total. The SMILES string of the molecule is COC(=O)c1cc(OC)c(OC)cc1C=N[S@@](=O)C(C)(C)C. The molecule has 0 aromatic heterocycles. The molecule has 0 aliphatic heterocycles. The maximum Gasteiger partial charge on any atom is 0.338 e. The molecule has 0 unspecified atom stereocenters. The summed E-state index contributed by atoms with van der Waals surface area (Å²) in [6.45, 7) is 5.45. The Bertz CT molecular complexity index is 605. The first-order valence-electron chi connectivity index (χ1n) is 6.55. The Morgan fingerprint density at radius 1 is 1.14 bits per heavy atom. The average molecular weight is 327 g/mol. The van der Waals surface area contributed by atoms with Gasteiger partial charge in [0, 0.05) is 11.8 Å². The van der Waals surface area contributed by atoms with Gasteiger partial charge in [-0.15, -0.1) is 0 Å². The van der Waals surface area contributed by atoms with E-state index >= 15 is 0 Å². The predicted molar refractivity (Wildman–Crippen MR) is 86.4 cm³/mol. The summed E-state index contributed by atoms with van der Waals surface area (Å²) in [4.78, 5) is 11.9. The molecule has 7 heteroatoms. The van der Waals surface area contributed by atoms with Gasteiger partial charge in [0.2, 0.25) is 0 Å². The third-order valence-corrected chi connectivity index (χ3v) is 4.12. The van der Waals surface area contributed by atoms with E-state index < -0.39 is 21.7 Å². The van der Waals surface area contributed by atoms with Crippen LogP contribution in [0.2, 0.25) is 0 Å². The monoisotopic (exact) mass is 327 g/mol. The minimum absolute atomic E-state index is 0.259. The van der Waals surface area contributed by atoms with Crippen LogP contribution < -0.4 is 9.47 Å². The molecule has 0 aliphatic rings. The van der Waals surface area contributed by atoms with Crippen molar-refractivity contribution >= 4 is 23.2 Å². The minimum Gasteiger partial charge on any atom is -0.493 e. The van der Waals surface area contributed by atoms with Crippen LogP contribution in [0.1, 0.15) is 36.7 Å². The van der Waals surface area contributed by atoms with Gasteiger partial charge in [-0.2, -0.15) is 4.40 Å². The summed E-state index contributed by atoms with van der Waals surface area (Å²) in [7, 11) is 2.82. The van der Waals surface area contributed by atoms with Gasteiger partial charge in [-0.05, 0) is 32.9 Å². The highest BCUT2D eigenvalue weighted by Gasteiger charge is 2.20. The Morgan fingerprint density at radius 2 is 1.68 bits per heavy atom. The van der Waals surface area contributed by atoms with Crippen molar-refractivity contribution in [3.8, 4) is 11.5 Å². The van der Waals surface area contributed by atoms with Crippen LogP contribution in [0.5, 0.6) is 11.5 Å². The Hall–Kier alpha value is -1.89. The Morgan fingerprint density at radius 3 is 2.14 bits per heavy atom. The lowest BCUT2D eigenvalue weighted by Gasteiger charge is -2.14. The number of carbonyl (C=O) groups is 1. The number of hydrogen-bond donors (Lipinski definition) is 0. The van der Waals surface area contributed by atoms with E-state index in [1.165, 1.54) is 33.6 Å². The lowest BCUT2D eigenvalue weighted by Crippen LogP contribution is -2.19. The van der Waals surface area contributed by atoms with Crippen LogP contribution in [0, 0.1) is 0 Å². The molecule has 122 valence electrons. The third-order valence-electron chi connectivity index (χ3n) is 2.77. The number of esters is 1. The molecule has 22 heavy (non-hydrogen) atoms. The summed E-state index contributed by atoms with van der Waals surface area (Å²) in [5.41, 5.74) is 0.705. The van der Waals surface area contributed by atoms with Gasteiger partial charge in [0.25, 0.3) is 0 Å². The molecule has 0 spiro atoms. The molecular formula is C15H21NO5S. The van der Waals surface area contributed by atoms with E-state index in [0.29, 0.717) is 17.1 Å². The van der Waals surface area contributed by atoms with Gasteiger partial charge >= 0.3 is 5.97 Å². The predicted octanol–water partition coefficient (Wildman–Crippen LogP) is 2.37. The fourth-order valence-corrected chi connectivity index (χ4v) is 2.08. The molecule has 0 amide bonds. The Kier molecular flexibility index (Phi) is 6.11. The van der Waals surface area contributed by atoms with Crippen molar-refractivity contribution in [2.75, 3.05) is 21.3 Å². The molecule has 0 heterocycles. The van der Waals surface area contributed by atoms with E-state index in [0.717, 1.165) is 0 Å². The standard InChI is InChI=1S/C15H21NO5S/c1-15(2,3)22(18)16-9-10-7-12(19-4)13(20-5)8-11(10)14(17)21-6/h7-9H,1-6H3/t22-/m0/s1. The van der Waals surface area contributed by atoms with E-state index in [9.17, 15) is 9.00 Å².